The molecule has 0 bridgehead atoms. The molecule has 0 saturated carbocycles. The van der Waals surface area contributed by atoms with Crippen molar-refractivity contribution in [3.05, 3.63) is 24.3 Å². The van der Waals surface area contributed by atoms with Crippen LogP contribution in [0, 0.1) is 0 Å². The van der Waals surface area contributed by atoms with Crippen LogP contribution in [0.5, 0.6) is 0 Å². The Morgan fingerprint density at radius 3 is 1.85 bits per heavy atom. The second-order valence-corrected chi connectivity index (χ2v) is 5.21. The zero-order chi connectivity index (χ0) is 14.7. The zero-order valence-corrected chi connectivity index (χ0v) is 11.3. The SMILES string of the molecule is Nc1ccc(N2C(C(O)CO)CCC2C(O)CO)cc1. The number of rotatable bonds is 5. The molecule has 1 saturated heterocycles. The molecule has 6 N–H and O–H groups in total. The Balaban J connectivity index is 2.30. The van der Waals surface area contributed by atoms with Gasteiger partial charge in [0.2, 0.25) is 0 Å². The van der Waals surface area contributed by atoms with E-state index in [1.165, 1.54) is 0 Å². The molecular formula is C14H22N2O4. The third-order valence-corrected chi connectivity index (χ3v) is 3.93. The van der Waals surface area contributed by atoms with Crippen LogP contribution in [0.4, 0.5) is 11.4 Å². The topological polar surface area (TPSA) is 110 Å². The molecule has 1 aliphatic rings. The van der Waals surface area contributed by atoms with E-state index in [-0.39, 0.29) is 25.3 Å². The molecule has 0 spiro atoms. The van der Waals surface area contributed by atoms with E-state index in [4.69, 9.17) is 5.73 Å². The van der Waals surface area contributed by atoms with Gasteiger partial charge in [0.25, 0.3) is 0 Å². The second kappa shape index (κ2) is 6.41. The van der Waals surface area contributed by atoms with Crippen LogP contribution >= 0.6 is 0 Å². The number of nitrogens with two attached hydrogens (primary N) is 1. The first-order valence-corrected chi connectivity index (χ1v) is 6.80. The van der Waals surface area contributed by atoms with Gasteiger partial charge in [-0.3, -0.25) is 0 Å². The Morgan fingerprint density at radius 1 is 1.00 bits per heavy atom. The molecule has 0 aromatic heterocycles. The van der Waals surface area contributed by atoms with Crippen LogP contribution in [0.25, 0.3) is 0 Å². The Kier molecular flexibility index (Phi) is 4.82. The number of aliphatic hydroxyl groups excluding tert-OH is 4. The highest BCUT2D eigenvalue weighted by molar-refractivity contribution is 5.55. The van der Waals surface area contributed by atoms with E-state index in [0.717, 1.165) is 5.69 Å². The van der Waals surface area contributed by atoms with Crippen LogP contribution in [0.15, 0.2) is 24.3 Å². The Bertz CT molecular complexity index is 408. The van der Waals surface area contributed by atoms with E-state index in [9.17, 15) is 20.4 Å². The molecule has 6 nitrogen and oxygen atoms in total. The van der Waals surface area contributed by atoms with Crippen LogP contribution in [-0.4, -0.2) is 57.9 Å². The first-order valence-electron chi connectivity index (χ1n) is 6.80. The molecular weight excluding hydrogens is 260 g/mol. The first kappa shape index (κ1) is 15.1. The summed E-state index contributed by atoms with van der Waals surface area (Å²) in [5.41, 5.74) is 7.11. The Hall–Kier alpha value is -1.34. The molecule has 0 aliphatic carbocycles. The van der Waals surface area contributed by atoms with Gasteiger partial charge in [0.05, 0.1) is 37.5 Å². The van der Waals surface area contributed by atoms with Gasteiger partial charge < -0.3 is 31.1 Å². The second-order valence-electron chi connectivity index (χ2n) is 5.21. The van der Waals surface area contributed by atoms with Crippen molar-refractivity contribution in [1.82, 2.24) is 0 Å². The van der Waals surface area contributed by atoms with Crippen LogP contribution in [0.2, 0.25) is 0 Å². The molecule has 1 heterocycles. The minimum Gasteiger partial charge on any atom is -0.399 e. The molecule has 0 radical (unpaired) electrons. The van der Waals surface area contributed by atoms with E-state index in [0.29, 0.717) is 18.5 Å². The molecule has 2 rings (SSSR count). The van der Waals surface area contributed by atoms with Crippen molar-refractivity contribution in [3.63, 3.8) is 0 Å². The zero-order valence-electron chi connectivity index (χ0n) is 11.3. The highest BCUT2D eigenvalue weighted by Gasteiger charge is 2.40. The molecule has 1 aliphatic heterocycles. The maximum Gasteiger partial charge on any atom is 0.0973 e. The average Bonchev–Trinajstić information content (AvgIpc) is 2.91. The maximum atomic E-state index is 9.96. The van der Waals surface area contributed by atoms with E-state index >= 15 is 0 Å². The lowest BCUT2D eigenvalue weighted by Crippen LogP contribution is -2.49. The van der Waals surface area contributed by atoms with Gasteiger partial charge in [-0.05, 0) is 37.1 Å². The van der Waals surface area contributed by atoms with Gasteiger partial charge >= 0.3 is 0 Å². The highest BCUT2D eigenvalue weighted by atomic mass is 16.3. The van der Waals surface area contributed by atoms with Crippen molar-refractivity contribution < 1.29 is 20.4 Å². The minimum atomic E-state index is -0.886. The number of nitrogen functional groups attached to an aromatic ring is 1. The Morgan fingerprint density at radius 2 is 1.45 bits per heavy atom. The summed E-state index contributed by atoms with van der Waals surface area (Å²) < 4.78 is 0. The molecule has 1 aromatic carbocycles. The van der Waals surface area contributed by atoms with Crippen molar-refractivity contribution >= 4 is 11.4 Å². The van der Waals surface area contributed by atoms with Crippen LogP contribution in [-0.2, 0) is 0 Å². The largest absolute Gasteiger partial charge is 0.399 e. The monoisotopic (exact) mass is 282 g/mol. The van der Waals surface area contributed by atoms with E-state index < -0.39 is 12.2 Å². The van der Waals surface area contributed by atoms with Crippen molar-refractivity contribution in [2.75, 3.05) is 23.8 Å². The van der Waals surface area contributed by atoms with E-state index in [1.807, 2.05) is 17.0 Å². The number of benzene rings is 1. The molecule has 0 amide bonds. The van der Waals surface area contributed by atoms with E-state index in [1.54, 1.807) is 12.1 Å². The van der Waals surface area contributed by atoms with Crippen LogP contribution in [0.1, 0.15) is 12.8 Å². The summed E-state index contributed by atoms with van der Waals surface area (Å²) >= 11 is 0. The number of hydrogen-bond acceptors (Lipinski definition) is 6. The standard InChI is InChI=1S/C14H22N2O4/c15-9-1-3-10(4-2-9)16-11(13(19)7-17)5-6-12(16)14(20)8-18/h1-4,11-14,17-20H,5-8,15H2. The number of hydrogen-bond donors (Lipinski definition) is 5. The van der Waals surface area contributed by atoms with E-state index in [2.05, 4.69) is 0 Å². The fourth-order valence-electron chi connectivity index (χ4n) is 2.89. The van der Waals surface area contributed by atoms with Gasteiger partial charge in [-0.1, -0.05) is 0 Å². The quantitative estimate of drug-likeness (QED) is 0.457. The summed E-state index contributed by atoms with van der Waals surface area (Å²) in [7, 11) is 0. The van der Waals surface area contributed by atoms with Gasteiger partial charge in [0, 0.05) is 11.4 Å². The summed E-state index contributed by atoms with van der Waals surface area (Å²) in [6.45, 7) is -0.670. The highest BCUT2D eigenvalue weighted by Crippen LogP contribution is 2.34. The molecule has 1 fully saturated rings. The lowest BCUT2D eigenvalue weighted by Gasteiger charge is -2.36. The number of anilines is 2. The van der Waals surface area contributed by atoms with Gasteiger partial charge in [0.1, 0.15) is 0 Å². The Labute approximate surface area is 118 Å². The van der Waals surface area contributed by atoms with Gasteiger partial charge in [-0.2, -0.15) is 0 Å². The summed E-state index contributed by atoms with van der Waals surface area (Å²) in [4.78, 5) is 1.88. The van der Waals surface area contributed by atoms with Gasteiger partial charge in [-0.25, -0.2) is 0 Å². The summed E-state index contributed by atoms with van der Waals surface area (Å²) in [6.07, 6.45) is -0.478. The molecule has 20 heavy (non-hydrogen) atoms. The molecule has 1 aromatic rings. The molecule has 4 atom stereocenters. The lowest BCUT2D eigenvalue weighted by atomic mass is 10.1. The van der Waals surface area contributed by atoms with Crippen molar-refractivity contribution in [1.29, 1.82) is 0 Å². The number of nitrogens with zero attached hydrogens (tertiary/aromatic N) is 1. The molecule has 4 unspecified atom stereocenters. The fraction of sp³-hybridized carbons (Fsp3) is 0.571. The van der Waals surface area contributed by atoms with Gasteiger partial charge in [0.15, 0.2) is 0 Å². The summed E-state index contributed by atoms with van der Waals surface area (Å²) in [6, 6.07) is 6.56. The molecule has 112 valence electrons. The third-order valence-electron chi connectivity index (χ3n) is 3.93. The smallest absolute Gasteiger partial charge is 0.0973 e. The predicted molar refractivity (Wildman–Crippen MR) is 76.3 cm³/mol. The lowest BCUT2D eigenvalue weighted by molar-refractivity contribution is 0.0614. The molecule has 6 heteroatoms. The average molecular weight is 282 g/mol. The van der Waals surface area contributed by atoms with Crippen molar-refractivity contribution in [3.8, 4) is 0 Å². The van der Waals surface area contributed by atoms with Crippen LogP contribution < -0.4 is 10.6 Å². The predicted octanol–water partition coefficient (Wildman–Crippen LogP) is -0.687. The maximum absolute atomic E-state index is 9.96. The normalized spacial score (nSPS) is 25.7. The van der Waals surface area contributed by atoms with Crippen LogP contribution in [0.3, 0.4) is 0 Å². The summed E-state index contributed by atoms with van der Waals surface area (Å²) in [5, 5.41) is 38.3. The third kappa shape index (κ3) is 2.88. The first-order chi connectivity index (χ1) is 9.58. The van der Waals surface area contributed by atoms with Gasteiger partial charge in [-0.15, -0.1) is 0 Å². The minimum absolute atomic E-state index is 0.283. The number of aliphatic hydroxyl groups is 4. The van der Waals surface area contributed by atoms with Crippen molar-refractivity contribution in [2.24, 2.45) is 0 Å². The van der Waals surface area contributed by atoms with Crippen molar-refractivity contribution in [2.45, 2.75) is 37.1 Å². The summed E-state index contributed by atoms with van der Waals surface area (Å²) in [5.74, 6) is 0. The fourth-order valence-corrected chi connectivity index (χ4v) is 2.89.